The van der Waals surface area contributed by atoms with Crippen LogP contribution in [0.4, 0.5) is 0 Å². The van der Waals surface area contributed by atoms with Crippen LogP contribution in [0.25, 0.3) is 5.82 Å². The minimum atomic E-state index is 0. The number of carbonyl (C=O) groups is 1. The molecule has 1 amide bonds. The molecule has 0 bridgehead atoms. The number of pyridine rings is 1. The van der Waals surface area contributed by atoms with Crippen molar-refractivity contribution in [3.8, 4) is 5.82 Å². The summed E-state index contributed by atoms with van der Waals surface area (Å²) in [6.45, 7) is 8.26. The highest BCUT2D eigenvalue weighted by Crippen LogP contribution is 2.30. The maximum absolute atomic E-state index is 12.9. The van der Waals surface area contributed by atoms with E-state index in [1.165, 1.54) is 0 Å². The van der Waals surface area contributed by atoms with Crippen molar-refractivity contribution in [3.05, 3.63) is 47.4 Å². The molecule has 0 radical (unpaired) electrons. The van der Waals surface area contributed by atoms with E-state index in [0.717, 1.165) is 42.3 Å². The molecule has 25 heavy (non-hydrogen) atoms. The molecular formula is C18H26Cl2N4O. The van der Waals surface area contributed by atoms with Crippen molar-refractivity contribution in [3.63, 3.8) is 0 Å². The number of hydrogen-bond acceptors (Lipinski definition) is 3. The molecule has 0 aromatic carbocycles. The van der Waals surface area contributed by atoms with Gasteiger partial charge in [0, 0.05) is 30.7 Å². The molecule has 2 N–H and O–H groups in total. The summed E-state index contributed by atoms with van der Waals surface area (Å²) in [6.07, 6.45) is 2.73. The third-order valence-corrected chi connectivity index (χ3v) is 4.88. The Balaban J connectivity index is 0.00000156. The lowest BCUT2D eigenvalue weighted by molar-refractivity contribution is 0.0776. The highest BCUT2D eigenvalue weighted by Gasteiger charge is 2.36. The van der Waals surface area contributed by atoms with Crippen LogP contribution in [0.5, 0.6) is 0 Å². The van der Waals surface area contributed by atoms with Gasteiger partial charge in [-0.15, -0.1) is 24.8 Å². The summed E-state index contributed by atoms with van der Waals surface area (Å²) in [5.74, 6) is 0.937. The molecule has 1 unspecified atom stereocenters. The van der Waals surface area contributed by atoms with E-state index in [9.17, 15) is 4.79 Å². The van der Waals surface area contributed by atoms with Crippen LogP contribution in [0.3, 0.4) is 0 Å². The first kappa shape index (κ1) is 21.5. The molecule has 3 rings (SSSR count). The summed E-state index contributed by atoms with van der Waals surface area (Å²) in [4.78, 5) is 19.2. The van der Waals surface area contributed by atoms with Gasteiger partial charge in [-0.1, -0.05) is 13.0 Å². The van der Waals surface area contributed by atoms with Crippen molar-refractivity contribution < 1.29 is 4.79 Å². The Morgan fingerprint density at radius 3 is 2.60 bits per heavy atom. The van der Waals surface area contributed by atoms with Crippen molar-refractivity contribution in [1.82, 2.24) is 14.5 Å². The first-order valence-electron chi connectivity index (χ1n) is 8.05. The molecule has 1 fully saturated rings. The zero-order chi connectivity index (χ0) is 16.6. The fourth-order valence-electron chi connectivity index (χ4n) is 3.35. The van der Waals surface area contributed by atoms with Crippen molar-refractivity contribution in [2.45, 2.75) is 27.2 Å². The molecule has 0 saturated carbocycles. The second-order valence-corrected chi connectivity index (χ2v) is 6.80. The van der Waals surface area contributed by atoms with Gasteiger partial charge in [-0.2, -0.15) is 0 Å². The van der Waals surface area contributed by atoms with Gasteiger partial charge in [0.1, 0.15) is 5.82 Å². The number of nitrogens with zero attached hydrogens (tertiary/aromatic N) is 3. The molecule has 2 aromatic heterocycles. The highest BCUT2D eigenvalue weighted by atomic mass is 35.5. The van der Waals surface area contributed by atoms with E-state index in [2.05, 4.69) is 11.9 Å². The highest BCUT2D eigenvalue weighted by molar-refractivity contribution is 5.96. The molecule has 2 aromatic rings. The molecule has 7 heteroatoms. The summed E-state index contributed by atoms with van der Waals surface area (Å²) in [6, 6.07) is 7.76. The number of likely N-dealkylation sites (tertiary alicyclic amines) is 1. The third kappa shape index (κ3) is 4.00. The van der Waals surface area contributed by atoms with Crippen LogP contribution in [0.1, 0.15) is 35.1 Å². The maximum Gasteiger partial charge on any atom is 0.255 e. The summed E-state index contributed by atoms with van der Waals surface area (Å²) in [5.41, 5.74) is 8.61. The van der Waals surface area contributed by atoms with Crippen LogP contribution in [-0.2, 0) is 0 Å². The zero-order valence-electron chi connectivity index (χ0n) is 14.9. The third-order valence-electron chi connectivity index (χ3n) is 4.88. The van der Waals surface area contributed by atoms with Gasteiger partial charge in [-0.25, -0.2) is 4.98 Å². The molecular weight excluding hydrogens is 359 g/mol. The number of aryl methyl sites for hydroxylation is 1. The van der Waals surface area contributed by atoms with E-state index in [0.29, 0.717) is 6.54 Å². The average molecular weight is 385 g/mol. The van der Waals surface area contributed by atoms with Crippen molar-refractivity contribution in [2.24, 2.45) is 11.1 Å². The lowest BCUT2D eigenvalue weighted by Crippen LogP contribution is -2.34. The Morgan fingerprint density at radius 2 is 2.04 bits per heavy atom. The lowest BCUT2D eigenvalue weighted by Gasteiger charge is -2.22. The number of aromatic nitrogens is 2. The smallest absolute Gasteiger partial charge is 0.255 e. The first-order chi connectivity index (χ1) is 10.9. The number of nitrogens with two attached hydrogens (primary N) is 1. The van der Waals surface area contributed by atoms with Gasteiger partial charge in [0.2, 0.25) is 0 Å². The fourth-order valence-corrected chi connectivity index (χ4v) is 3.35. The SMILES string of the molecule is Cc1cc(C(=O)N2CCC(C)(CN)C2)c(C)n1-c1ccccn1.Cl.Cl. The normalized spacial score (nSPS) is 19.3. The molecule has 0 aliphatic carbocycles. The van der Waals surface area contributed by atoms with Crippen molar-refractivity contribution in [1.29, 1.82) is 0 Å². The van der Waals surface area contributed by atoms with Gasteiger partial charge in [-0.05, 0) is 50.4 Å². The van der Waals surface area contributed by atoms with E-state index < -0.39 is 0 Å². The van der Waals surface area contributed by atoms with Gasteiger partial charge in [0.05, 0.1) is 5.56 Å². The fraction of sp³-hybridized carbons (Fsp3) is 0.444. The Labute approximate surface area is 161 Å². The molecule has 5 nitrogen and oxygen atoms in total. The number of halogens is 2. The standard InChI is InChI=1S/C18H24N4O.2ClH/c1-13-10-15(14(2)22(13)16-6-4-5-8-20-16)17(23)21-9-7-18(3,11-19)12-21;;/h4-6,8,10H,7,9,11-12,19H2,1-3H3;2*1H. The lowest BCUT2D eigenvalue weighted by atomic mass is 9.90. The summed E-state index contributed by atoms with van der Waals surface area (Å²) in [7, 11) is 0. The molecule has 1 aliphatic heterocycles. The minimum absolute atomic E-state index is 0. The largest absolute Gasteiger partial charge is 0.338 e. The number of amides is 1. The monoisotopic (exact) mass is 384 g/mol. The van der Waals surface area contributed by atoms with E-state index in [1.54, 1.807) is 6.20 Å². The number of rotatable bonds is 3. The van der Waals surface area contributed by atoms with E-state index >= 15 is 0 Å². The Morgan fingerprint density at radius 1 is 1.32 bits per heavy atom. The van der Waals surface area contributed by atoms with Crippen LogP contribution >= 0.6 is 24.8 Å². The molecule has 138 valence electrons. The van der Waals surface area contributed by atoms with E-state index in [1.807, 2.05) is 47.6 Å². The van der Waals surface area contributed by atoms with Gasteiger partial charge in [-0.3, -0.25) is 4.79 Å². The van der Waals surface area contributed by atoms with E-state index in [4.69, 9.17) is 5.73 Å². The summed E-state index contributed by atoms with van der Waals surface area (Å²) in [5, 5.41) is 0. The number of hydrogen-bond donors (Lipinski definition) is 1. The van der Waals surface area contributed by atoms with Gasteiger partial charge in [0.25, 0.3) is 5.91 Å². The molecule has 3 heterocycles. The van der Waals surface area contributed by atoms with Crippen LogP contribution < -0.4 is 5.73 Å². The predicted octanol–water partition coefficient (Wildman–Crippen LogP) is 3.14. The second-order valence-electron chi connectivity index (χ2n) is 6.80. The average Bonchev–Trinajstić information content (AvgIpc) is 3.09. The molecule has 1 atom stereocenters. The van der Waals surface area contributed by atoms with Gasteiger partial charge >= 0.3 is 0 Å². The molecule has 1 aliphatic rings. The number of carbonyl (C=O) groups excluding carboxylic acids is 1. The topological polar surface area (TPSA) is 64.2 Å². The Bertz CT molecular complexity index is 732. The maximum atomic E-state index is 12.9. The predicted molar refractivity (Wildman–Crippen MR) is 105 cm³/mol. The minimum Gasteiger partial charge on any atom is -0.338 e. The van der Waals surface area contributed by atoms with Crippen LogP contribution in [0.2, 0.25) is 0 Å². The van der Waals surface area contributed by atoms with Crippen LogP contribution in [0.15, 0.2) is 30.5 Å². The summed E-state index contributed by atoms with van der Waals surface area (Å²) < 4.78 is 2.03. The summed E-state index contributed by atoms with van der Waals surface area (Å²) >= 11 is 0. The van der Waals surface area contributed by atoms with E-state index in [-0.39, 0.29) is 36.1 Å². The Kier molecular flexibility index (Phi) is 7.06. The van der Waals surface area contributed by atoms with Crippen LogP contribution in [-0.4, -0.2) is 40.0 Å². The quantitative estimate of drug-likeness (QED) is 0.883. The second kappa shape index (κ2) is 8.21. The molecule has 1 saturated heterocycles. The van der Waals surface area contributed by atoms with Crippen molar-refractivity contribution in [2.75, 3.05) is 19.6 Å². The van der Waals surface area contributed by atoms with Crippen LogP contribution in [0, 0.1) is 19.3 Å². The van der Waals surface area contributed by atoms with Crippen molar-refractivity contribution >= 4 is 30.7 Å². The van der Waals surface area contributed by atoms with Gasteiger partial charge in [0.15, 0.2) is 0 Å². The zero-order valence-corrected chi connectivity index (χ0v) is 16.5. The Hall–Kier alpha value is -1.56. The van der Waals surface area contributed by atoms with Gasteiger partial charge < -0.3 is 15.2 Å². The first-order valence-corrected chi connectivity index (χ1v) is 8.05. The molecule has 0 spiro atoms.